The van der Waals surface area contributed by atoms with Crippen LogP contribution in [0.2, 0.25) is 0 Å². The molecule has 1 aromatic heterocycles. The molecule has 4 nitrogen and oxygen atoms in total. The van der Waals surface area contributed by atoms with Gasteiger partial charge in [0.15, 0.2) is 0 Å². The zero-order valence-electron chi connectivity index (χ0n) is 15.3. The molecule has 1 saturated heterocycles. The Morgan fingerprint density at radius 2 is 2.00 bits per heavy atom. The summed E-state index contributed by atoms with van der Waals surface area (Å²) in [6.07, 6.45) is -2.47. The second-order valence-electron chi connectivity index (χ2n) is 7.18. The molecule has 8 heteroatoms. The molecule has 1 fully saturated rings. The topological polar surface area (TPSA) is 33.1 Å². The molecular formula is C20H20F4N4. The Kier molecular flexibility index (Phi) is 4.74. The van der Waals surface area contributed by atoms with Crippen molar-refractivity contribution in [2.75, 3.05) is 24.5 Å². The molecule has 0 aliphatic carbocycles. The van der Waals surface area contributed by atoms with Crippen LogP contribution in [0.15, 0.2) is 42.7 Å². The van der Waals surface area contributed by atoms with Crippen molar-refractivity contribution in [2.45, 2.75) is 18.6 Å². The summed E-state index contributed by atoms with van der Waals surface area (Å²) >= 11 is 0. The van der Waals surface area contributed by atoms with E-state index in [0.717, 1.165) is 29.3 Å². The molecule has 0 radical (unpaired) electrons. The molecule has 0 spiro atoms. The fourth-order valence-electron chi connectivity index (χ4n) is 3.72. The summed E-state index contributed by atoms with van der Waals surface area (Å²) in [6.45, 7) is 2.12. The maximum Gasteiger partial charge on any atom is 0.416 e. The third-order valence-electron chi connectivity index (χ3n) is 5.10. The van der Waals surface area contributed by atoms with E-state index in [4.69, 9.17) is 0 Å². The number of halogens is 4. The molecule has 0 bridgehead atoms. The molecule has 2 heterocycles. The number of benzene rings is 2. The predicted molar refractivity (Wildman–Crippen MR) is 99.8 cm³/mol. The van der Waals surface area contributed by atoms with Crippen molar-refractivity contribution in [3.63, 3.8) is 0 Å². The van der Waals surface area contributed by atoms with Crippen LogP contribution in [0.1, 0.15) is 11.1 Å². The van der Waals surface area contributed by atoms with E-state index in [1.807, 2.05) is 23.7 Å². The van der Waals surface area contributed by atoms with E-state index in [2.05, 4.69) is 21.3 Å². The smallest absolute Gasteiger partial charge is 0.369 e. The minimum Gasteiger partial charge on any atom is -0.369 e. The summed E-state index contributed by atoms with van der Waals surface area (Å²) in [7, 11) is 1.93. The average molecular weight is 392 g/mol. The van der Waals surface area contributed by atoms with Gasteiger partial charge in [0, 0.05) is 38.4 Å². The lowest BCUT2D eigenvalue weighted by atomic mass is 10.0. The van der Waals surface area contributed by atoms with Crippen LogP contribution in [0.3, 0.4) is 0 Å². The number of hydrogen-bond acceptors (Lipinski definition) is 3. The number of aryl methyl sites for hydroxylation is 1. The van der Waals surface area contributed by atoms with Gasteiger partial charge in [0.25, 0.3) is 0 Å². The van der Waals surface area contributed by atoms with Crippen LogP contribution in [0.4, 0.5) is 23.2 Å². The Hall–Kier alpha value is -2.61. The number of nitrogens with zero attached hydrogens (tertiary/aromatic N) is 3. The first-order chi connectivity index (χ1) is 13.3. The van der Waals surface area contributed by atoms with Gasteiger partial charge in [0.2, 0.25) is 0 Å². The number of imidazole rings is 1. The maximum atomic E-state index is 13.7. The summed E-state index contributed by atoms with van der Waals surface area (Å²) in [5, 5.41) is 3.33. The van der Waals surface area contributed by atoms with Gasteiger partial charge in [-0.05, 0) is 48.4 Å². The number of piperazine rings is 1. The molecule has 0 amide bonds. The quantitative estimate of drug-likeness (QED) is 0.690. The molecule has 1 N–H and O–H groups in total. The third kappa shape index (κ3) is 3.82. The molecule has 1 aliphatic heterocycles. The van der Waals surface area contributed by atoms with Gasteiger partial charge in [-0.25, -0.2) is 9.37 Å². The van der Waals surface area contributed by atoms with Gasteiger partial charge in [-0.3, -0.25) is 0 Å². The average Bonchev–Trinajstić information content (AvgIpc) is 3.01. The van der Waals surface area contributed by atoms with Crippen molar-refractivity contribution in [3.8, 4) is 0 Å². The van der Waals surface area contributed by atoms with Gasteiger partial charge >= 0.3 is 6.18 Å². The van der Waals surface area contributed by atoms with E-state index in [-0.39, 0.29) is 6.04 Å². The third-order valence-corrected chi connectivity index (χ3v) is 5.10. The van der Waals surface area contributed by atoms with Crippen molar-refractivity contribution in [2.24, 2.45) is 7.05 Å². The number of anilines is 1. The van der Waals surface area contributed by atoms with Gasteiger partial charge < -0.3 is 14.8 Å². The Morgan fingerprint density at radius 3 is 2.79 bits per heavy atom. The van der Waals surface area contributed by atoms with E-state index in [0.29, 0.717) is 31.1 Å². The fourth-order valence-corrected chi connectivity index (χ4v) is 3.72. The van der Waals surface area contributed by atoms with Gasteiger partial charge in [-0.2, -0.15) is 13.2 Å². The number of nitrogens with one attached hydrogen (secondary N) is 1. The minimum absolute atomic E-state index is 0.0705. The highest BCUT2D eigenvalue weighted by Crippen LogP contribution is 2.31. The molecule has 2 aromatic carbocycles. The number of alkyl halides is 3. The molecule has 4 rings (SSSR count). The van der Waals surface area contributed by atoms with Crippen LogP contribution in [-0.2, 0) is 19.6 Å². The van der Waals surface area contributed by atoms with Crippen LogP contribution in [0.25, 0.3) is 11.0 Å². The summed E-state index contributed by atoms with van der Waals surface area (Å²) in [5.74, 6) is -0.862. The van der Waals surface area contributed by atoms with Crippen LogP contribution in [0, 0.1) is 5.82 Å². The highest BCUT2D eigenvalue weighted by Gasteiger charge is 2.31. The van der Waals surface area contributed by atoms with E-state index < -0.39 is 17.6 Å². The highest BCUT2D eigenvalue weighted by atomic mass is 19.4. The largest absolute Gasteiger partial charge is 0.416 e. The van der Waals surface area contributed by atoms with E-state index in [1.165, 1.54) is 6.07 Å². The van der Waals surface area contributed by atoms with Crippen molar-refractivity contribution < 1.29 is 17.6 Å². The molecule has 1 atom stereocenters. The van der Waals surface area contributed by atoms with Gasteiger partial charge in [0.05, 0.1) is 22.9 Å². The van der Waals surface area contributed by atoms with E-state index in [1.54, 1.807) is 6.33 Å². The first-order valence-electron chi connectivity index (χ1n) is 9.06. The van der Waals surface area contributed by atoms with Crippen LogP contribution in [-0.4, -0.2) is 35.2 Å². The Bertz CT molecular complexity index is 996. The van der Waals surface area contributed by atoms with Gasteiger partial charge in [-0.1, -0.05) is 0 Å². The van der Waals surface area contributed by atoms with Crippen molar-refractivity contribution in [3.05, 3.63) is 59.7 Å². The Morgan fingerprint density at radius 1 is 1.18 bits per heavy atom. The second-order valence-corrected chi connectivity index (χ2v) is 7.18. The standard InChI is InChI=1S/C20H20F4N4/c1-27-12-26-18-3-2-17(10-19(18)27)28-5-4-25-16(11-28)8-13-6-14(20(22,23)24)9-15(21)7-13/h2-3,6-7,9-10,12,16,25H,4-5,8,11H2,1H3. The molecule has 148 valence electrons. The Labute approximate surface area is 159 Å². The van der Waals surface area contributed by atoms with Crippen molar-refractivity contribution in [1.29, 1.82) is 0 Å². The first-order valence-corrected chi connectivity index (χ1v) is 9.06. The zero-order chi connectivity index (χ0) is 19.9. The van der Waals surface area contributed by atoms with Crippen LogP contribution >= 0.6 is 0 Å². The number of hydrogen-bond donors (Lipinski definition) is 1. The maximum absolute atomic E-state index is 13.7. The molecule has 3 aromatic rings. The minimum atomic E-state index is -4.55. The zero-order valence-corrected chi connectivity index (χ0v) is 15.3. The second kappa shape index (κ2) is 7.09. The summed E-state index contributed by atoms with van der Waals surface area (Å²) in [4.78, 5) is 6.51. The Balaban J connectivity index is 1.52. The molecule has 1 aliphatic rings. The summed E-state index contributed by atoms with van der Waals surface area (Å²) in [5.41, 5.74) is 2.37. The normalized spacial score (nSPS) is 18.0. The molecule has 28 heavy (non-hydrogen) atoms. The van der Waals surface area contributed by atoms with Crippen LogP contribution in [0.5, 0.6) is 0 Å². The van der Waals surface area contributed by atoms with E-state index >= 15 is 0 Å². The van der Waals surface area contributed by atoms with Crippen LogP contribution < -0.4 is 10.2 Å². The first kappa shape index (κ1) is 18.7. The lowest BCUT2D eigenvalue weighted by molar-refractivity contribution is -0.137. The molecule has 1 unspecified atom stereocenters. The number of aromatic nitrogens is 2. The van der Waals surface area contributed by atoms with Crippen molar-refractivity contribution >= 4 is 16.7 Å². The van der Waals surface area contributed by atoms with Crippen molar-refractivity contribution in [1.82, 2.24) is 14.9 Å². The SMILES string of the molecule is Cn1cnc2ccc(N3CCNC(Cc4cc(F)cc(C(F)(F)F)c4)C3)cc21. The van der Waals surface area contributed by atoms with Gasteiger partial charge in [-0.15, -0.1) is 0 Å². The molecule has 0 saturated carbocycles. The lowest BCUT2D eigenvalue weighted by Crippen LogP contribution is -2.51. The summed E-state index contributed by atoms with van der Waals surface area (Å²) < 4.78 is 54.5. The van der Waals surface area contributed by atoms with Gasteiger partial charge in [0.1, 0.15) is 5.82 Å². The molecular weight excluding hydrogens is 372 g/mol. The summed E-state index contributed by atoms with van der Waals surface area (Å²) in [6, 6.07) is 8.70. The van der Waals surface area contributed by atoms with E-state index in [9.17, 15) is 17.6 Å². The lowest BCUT2D eigenvalue weighted by Gasteiger charge is -2.35. The predicted octanol–water partition coefficient (Wildman–Crippen LogP) is 3.75. The fraction of sp³-hybridized carbons (Fsp3) is 0.350. The monoisotopic (exact) mass is 392 g/mol. The number of fused-ring (bicyclic) bond motifs is 1. The number of rotatable bonds is 3. The highest BCUT2D eigenvalue weighted by molar-refractivity contribution is 5.79.